The van der Waals surface area contributed by atoms with Gasteiger partial charge in [0.15, 0.2) is 5.82 Å². The smallest absolute Gasteiger partial charge is 0.406 e. The molecule has 0 spiro atoms. The van der Waals surface area contributed by atoms with Crippen molar-refractivity contribution >= 4 is 0 Å². The monoisotopic (exact) mass is 478 g/mol. The molecule has 0 N–H and O–H groups in total. The Balaban J connectivity index is 1.60. The number of hydrogen-bond acceptors (Lipinski definition) is 6. The molecule has 7 nitrogen and oxygen atoms in total. The number of ether oxygens (including phenoxy) is 1. The molecule has 0 saturated carbocycles. The molecule has 3 aromatic rings. The first-order valence-electron chi connectivity index (χ1n) is 11.1. The van der Waals surface area contributed by atoms with Crippen LogP contribution in [0.2, 0.25) is 0 Å². The summed E-state index contributed by atoms with van der Waals surface area (Å²) < 4.78 is 56.6. The zero-order chi connectivity index (χ0) is 24.1. The molecule has 1 aromatic heterocycles. The van der Waals surface area contributed by atoms with Gasteiger partial charge in [-0.05, 0) is 65.3 Å². The van der Waals surface area contributed by atoms with E-state index >= 15 is 0 Å². The standard InChI is InChI=1S/C23H26F4N6O/c1-2-31-12-3-13-32(15-14-31)21(18-6-8-19(24)9-7-18)22-28-29-30-33(22)16-17-4-10-20(11-5-17)34-23(25,26)27/h4-11,21H,2-3,12-16H2,1H3. The number of rotatable bonds is 7. The molecule has 0 bridgehead atoms. The molecule has 1 aliphatic heterocycles. The Morgan fingerprint density at radius 3 is 2.38 bits per heavy atom. The Morgan fingerprint density at radius 1 is 0.971 bits per heavy atom. The van der Waals surface area contributed by atoms with Gasteiger partial charge in [0, 0.05) is 19.6 Å². The van der Waals surface area contributed by atoms with E-state index in [2.05, 4.69) is 37.0 Å². The van der Waals surface area contributed by atoms with Crippen LogP contribution in [0.5, 0.6) is 5.75 Å². The summed E-state index contributed by atoms with van der Waals surface area (Å²) in [6, 6.07) is 11.7. The minimum absolute atomic E-state index is 0.265. The predicted octanol–water partition coefficient (Wildman–Crippen LogP) is 3.88. The van der Waals surface area contributed by atoms with Gasteiger partial charge in [-0.2, -0.15) is 0 Å². The third-order valence-corrected chi connectivity index (χ3v) is 5.91. The van der Waals surface area contributed by atoms with Crippen molar-refractivity contribution in [3.05, 3.63) is 71.3 Å². The van der Waals surface area contributed by atoms with Gasteiger partial charge in [-0.15, -0.1) is 18.3 Å². The second kappa shape index (κ2) is 10.5. The first-order valence-corrected chi connectivity index (χ1v) is 11.1. The molecule has 182 valence electrons. The molecule has 1 atom stereocenters. The van der Waals surface area contributed by atoms with Crippen LogP contribution >= 0.6 is 0 Å². The topological polar surface area (TPSA) is 59.3 Å². The summed E-state index contributed by atoms with van der Waals surface area (Å²) in [5.74, 6) is -0.0223. The highest BCUT2D eigenvalue weighted by Gasteiger charge is 2.31. The van der Waals surface area contributed by atoms with Crippen LogP contribution in [0.4, 0.5) is 17.6 Å². The summed E-state index contributed by atoms with van der Waals surface area (Å²) >= 11 is 0. The molecular formula is C23H26F4N6O. The minimum atomic E-state index is -4.74. The number of hydrogen-bond donors (Lipinski definition) is 0. The minimum Gasteiger partial charge on any atom is -0.406 e. The molecule has 2 heterocycles. The van der Waals surface area contributed by atoms with E-state index in [-0.39, 0.29) is 24.2 Å². The van der Waals surface area contributed by atoms with Crippen molar-refractivity contribution in [2.45, 2.75) is 32.3 Å². The van der Waals surface area contributed by atoms with Crippen molar-refractivity contribution in [2.75, 3.05) is 32.7 Å². The van der Waals surface area contributed by atoms with Gasteiger partial charge in [-0.25, -0.2) is 9.07 Å². The molecular weight excluding hydrogens is 452 g/mol. The average molecular weight is 478 g/mol. The maximum atomic E-state index is 13.7. The molecule has 11 heteroatoms. The summed E-state index contributed by atoms with van der Waals surface area (Å²) in [6.07, 6.45) is -3.76. The Hall–Kier alpha value is -3.05. The highest BCUT2D eigenvalue weighted by atomic mass is 19.4. The Kier molecular flexibility index (Phi) is 7.42. The first kappa shape index (κ1) is 24.1. The number of nitrogens with zero attached hydrogens (tertiary/aromatic N) is 6. The third kappa shape index (κ3) is 6.09. The van der Waals surface area contributed by atoms with Gasteiger partial charge in [-0.1, -0.05) is 31.2 Å². The lowest BCUT2D eigenvalue weighted by Gasteiger charge is -2.30. The van der Waals surface area contributed by atoms with Gasteiger partial charge in [0.1, 0.15) is 11.6 Å². The number of likely N-dealkylation sites (N-methyl/N-ethyl adjacent to an activating group) is 1. The SMILES string of the molecule is CCN1CCCN(C(c2ccc(F)cc2)c2nnnn2Cc2ccc(OC(F)(F)F)cc2)CC1. The van der Waals surface area contributed by atoms with Gasteiger partial charge in [-0.3, -0.25) is 4.90 Å². The Labute approximate surface area is 194 Å². The fourth-order valence-electron chi connectivity index (χ4n) is 4.22. The second-order valence-electron chi connectivity index (χ2n) is 8.16. The van der Waals surface area contributed by atoms with Crippen molar-refractivity contribution < 1.29 is 22.3 Å². The molecule has 1 fully saturated rings. The van der Waals surface area contributed by atoms with Crippen molar-refractivity contribution in [2.24, 2.45) is 0 Å². The molecule has 0 radical (unpaired) electrons. The van der Waals surface area contributed by atoms with Crippen molar-refractivity contribution in [1.82, 2.24) is 30.0 Å². The zero-order valence-electron chi connectivity index (χ0n) is 18.7. The molecule has 2 aromatic carbocycles. The number of halogens is 4. The highest BCUT2D eigenvalue weighted by Crippen LogP contribution is 2.29. The largest absolute Gasteiger partial charge is 0.573 e. The Morgan fingerprint density at radius 2 is 1.71 bits per heavy atom. The van der Waals surface area contributed by atoms with Crippen LogP contribution in [-0.4, -0.2) is 69.1 Å². The molecule has 1 aliphatic rings. The quantitative estimate of drug-likeness (QED) is 0.481. The third-order valence-electron chi connectivity index (χ3n) is 5.91. The maximum Gasteiger partial charge on any atom is 0.573 e. The van der Waals surface area contributed by atoms with Crippen molar-refractivity contribution in [3.8, 4) is 5.75 Å². The number of tetrazole rings is 1. The fraction of sp³-hybridized carbons (Fsp3) is 0.435. The normalized spacial score (nSPS) is 16.9. The van der Waals surface area contributed by atoms with E-state index in [4.69, 9.17) is 0 Å². The van der Waals surface area contributed by atoms with Crippen LogP contribution in [0.1, 0.15) is 36.3 Å². The van der Waals surface area contributed by atoms with Crippen LogP contribution in [0, 0.1) is 5.82 Å². The first-order chi connectivity index (χ1) is 16.3. The van der Waals surface area contributed by atoms with E-state index in [1.54, 1.807) is 28.9 Å². The second-order valence-corrected chi connectivity index (χ2v) is 8.16. The lowest BCUT2D eigenvalue weighted by molar-refractivity contribution is -0.274. The van der Waals surface area contributed by atoms with E-state index < -0.39 is 6.36 Å². The van der Waals surface area contributed by atoms with Gasteiger partial charge >= 0.3 is 6.36 Å². The molecule has 0 aliphatic carbocycles. The van der Waals surface area contributed by atoms with Gasteiger partial charge in [0.2, 0.25) is 0 Å². The summed E-state index contributed by atoms with van der Waals surface area (Å²) in [5, 5.41) is 12.3. The van der Waals surface area contributed by atoms with E-state index in [0.29, 0.717) is 11.4 Å². The average Bonchev–Trinajstić information content (AvgIpc) is 3.11. The van der Waals surface area contributed by atoms with E-state index in [0.717, 1.165) is 44.7 Å². The molecule has 1 unspecified atom stereocenters. The summed E-state index contributed by atoms with van der Waals surface area (Å²) in [4.78, 5) is 4.68. The van der Waals surface area contributed by atoms with Crippen LogP contribution in [0.3, 0.4) is 0 Å². The maximum absolute atomic E-state index is 13.7. The number of benzene rings is 2. The van der Waals surface area contributed by atoms with Crippen molar-refractivity contribution in [1.29, 1.82) is 0 Å². The highest BCUT2D eigenvalue weighted by molar-refractivity contribution is 5.29. The zero-order valence-corrected chi connectivity index (χ0v) is 18.7. The fourth-order valence-corrected chi connectivity index (χ4v) is 4.22. The lowest BCUT2D eigenvalue weighted by Crippen LogP contribution is -2.35. The van der Waals surface area contributed by atoms with Crippen LogP contribution in [0.25, 0.3) is 0 Å². The molecule has 4 rings (SSSR count). The number of alkyl halides is 3. The van der Waals surface area contributed by atoms with E-state index in [1.165, 1.54) is 24.3 Å². The van der Waals surface area contributed by atoms with E-state index in [9.17, 15) is 17.6 Å². The Bertz CT molecular complexity index is 1050. The molecule has 1 saturated heterocycles. The van der Waals surface area contributed by atoms with Gasteiger partial charge < -0.3 is 9.64 Å². The van der Waals surface area contributed by atoms with Gasteiger partial charge in [0.05, 0.1) is 12.6 Å². The molecule has 0 amide bonds. The summed E-state index contributed by atoms with van der Waals surface area (Å²) in [7, 11) is 0. The molecule has 34 heavy (non-hydrogen) atoms. The van der Waals surface area contributed by atoms with Gasteiger partial charge in [0.25, 0.3) is 0 Å². The summed E-state index contributed by atoms with van der Waals surface area (Å²) in [5.41, 5.74) is 1.59. The van der Waals surface area contributed by atoms with Crippen molar-refractivity contribution in [3.63, 3.8) is 0 Å². The summed E-state index contributed by atoms with van der Waals surface area (Å²) in [6.45, 7) is 6.90. The van der Waals surface area contributed by atoms with Crippen LogP contribution in [0.15, 0.2) is 48.5 Å². The predicted molar refractivity (Wildman–Crippen MR) is 117 cm³/mol. The van der Waals surface area contributed by atoms with E-state index in [1.807, 2.05) is 0 Å². The van der Waals surface area contributed by atoms with Crippen LogP contribution in [-0.2, 0) is 6.54 Å². The lowest BCUT2D eigenvalue weighted by atomic mass is 10.0. The number of aromatic nitrogens is 4. The van der Waals surface area contributed by atoms with Crippen LogP contribution < -0.4 is 4.74 Å².